The molecule has 1 aromatic carbocycles. The summed E-state index contributed by atoms with van der Waals surface area (Å²) < 4.78 is 0. The maximum Gasteiger partial charge on any atom is -0.00980 e. The van der Waals surface area contributed by atoms with Gasteiger partial charge in [-0.3, -0.25) is 0 Å². The number of fused-ring (bicyclic) bond motifs is 1. The number of benzene rings is 1. The molecule has 0 bridgehead atoms. The Morgan fingerprint density at radius 3 is 2.53 bits per heavy atom. The topological polar surface area (TPSA) is 0 Å². The van der Waals surface area contributed by atoms with E-state index in [1.54, 1.807) is 11.1 Å². The normalized spacial score (nSPS) is 28.6. The van der Waals surface area contributed by atoms with Crippen molar-refractivity contribution in [1.82, 2.24) is 0 Å². The molecule has 2 atom stereocenters. The van der Waals surface area contributed by atoms with E-state index in [4.69, 9.17) is 0 Å². The molecule has 0 heterocycles. The summed E-state index contributed by atoms with van der Waals surface area (Å²) in [5.41, 5.74) is 4.90. The van der Waals surface area contributed by atoms with Gasteiger partial charge >= 0.3 is 0 Å². The quantitative estimate of drug-likeness (QED) is 0.584. The Labute approximate surface area is 93.7 Å². The molecule has 0 fully saturated rings. The van der Waals surface area contributed by atoms with Crippen LogP contribution in [0.15, 0.2) is 18.2 Å². The molecule has 0 amide bonds. The average molecular weight is 202 g/mol. The third-order valence-electron chi connectivity index (χ3n) is 4.11. The van der Waals surface area contributed by atoms with Crippen LogP contribution in [0.5, 0.6) is 0 Å². The fourth-order valence-corrected chi connectivity index (χ4v) is 3.07. The summed E-state index contributed by atoms with van der Waals surface area (Å²) >= 11 is 0. The van der Waals surface area contributed by atoms with E-state index in [1.165, 1.54) is 12.0 Å². The van der Waals surface area contributed by atoms with Gasteiger partial charge < -0.3 is 0 Å². The van der Waals surface area contributed by atoms with Crippen molar-refractivity contribution in [2.45, 2.75) is 52.4 Å². The Bertz CT molecular complexity index is 374. The molecule has 15 heavy (non-hydrogen) atoms. The van der Waals surface area contributed by atoms with E-state index in [2.05, 4.69) is 52.8 Å². The van der Waals surface area contributed by atoms with Crippen LogP contribution in [0.3, 0.4) is 0 Å². The Morgan fingerprint density at radius 2 is 1.87 bits per heavy atom. The molecule has 0 unspecified atom stereocenters. The van der Waals surface area contributed by atoms with E-state index in [0.717, 1.165) is 5.92 Å². The molecule has 0 saturated carbocycles. The van der Waals surface area contributed by atoms with Crippen LogP contribution >= 0.6 is 0 Å². The third-order valence-corrected chi connectivity index (χ3v) is 4.11. The summed E-state index contributed by atoms with van der Waals surface area (Å²) in [6.45, 7) is 11.7. The highest BCUT2D eigenvalue weighted by Crippen LogP contribution is 2.45. The van der Waals surface area contributed by atoms with Crippen molar-refractivity contribution in [2.24, 2.45) is 5.92 Å². The van der Waals surface area contributed by atoms with Gasteiger partial charge in [0.2, 0.25) is 0 Å². The van der Waals surface area contributed by atoms with Crippen LogP contribution in [0.25, 0.3) is 0 Å². The first-order valence-corrected chi connectivity index (χ1v) is 6.03. The summed E-state index contributed by atoms with van der Waals surface area (Å²) in [4.78, 5) is 0. The van der Waals surface area contributed by atoms with E-state index in [9.17, 15) is 0 Å². The van der Waals surface area contributed by atoms with E-state index in [-0.39, 0.29) is 0 Å². The van der Waals surface area contributed by atoms with Crippen molar-refractivity contribution >= 4 is 0 Å². The predicted molar refractivity (Wildman–Crippen MR) is 66.4 cm³/mol. The van der Waals surface area contributed by atoms with Gasteiger partial charge in [-0.05, 0) is 41.7 Å². The fourth-order valence-electron chi connectivity index (χ4n) is 3.07. The molecule has 0 radical (unpaired) electrons. The predicted octanol–water partition coefficient (Wildman–Crippen LogP) is 4.42. The van der Waals surface area contributed by atoms with E-state index >= 15 is 0 Å². The van der Waals surface area contributed by atoms with Gasteiger partial charge in [-0.1, -0.05) is 51.5 Å². The van der Waals surface area contributed by atoms with Gasteiger partial charge in [0.15, 0.2) is 0 Å². The lowest BCUT2D eigenvalue weighted by Crippen LogP contribution is -2.30. The SMILES string of the molecule is Cc1ccc2c(c1)[C@@H](C)[C@@H](C)CC2(C)C. The molecule has 1 aliphatic carbocycles. The van der Waals surface area contributed by atoms with Gasteiger partial charge in [-0.2, -0.15) is 0 Å². The zero-order chi connectivity index (χ0) is 11.2. The third kappa shape index (κ3) is 1.71. The lowest BCUT2D eigenvalue weighted by molar-refractivity contribution is 0.310. The van der Waals surface area contributed by atoms with Crippen LogP contribution in [0.4, 0.5) is 0 Å². The highest BCUT2D eigenvalue weighted by molar-refractivity contribution is 5.41. The van der Waals surface area contributed by atoms with Gasteiger partial charge in [0.25, 0.3) is 0 Å². The zero-order valence-electron chi connectivity index (χ0n) is 10.6. The van der Waals surface area contributed by atoms with Crippen molar-refractivity contribution in [3.05, 3.63) is 34.9 Å². The minimum absolute atomic E-state index is 0.356. The fraction of sp³-hybridized carbons (Fsp3) is 0.600. The van der Waals surface area contributed by atoms with Gasteiger partial charge in [0, 0.05) is 0 Å². The first-order chi connectivity index (χ1) is 6.92. The largest absolute Gasteiger partial charge is 0.0619 e. The lowest BCUT2D eigenvalue weighted by atomic mass is 9.64. The van der Waals surface area contributed by atoms with Gasteiger partial charge in [-0.25, -0.2) is 0 Å². The maximum absolute atomic E-state index is 2.39. The molecule has 0 nitrogen and oxygen atoms in total. The molecule has 0 aromatic heterocycles. The van der Waals surface area contributed by atoms with Crippen LogP contribution in [0.1, 0.15) is 56.7 Å². The second-order valence-electron chi connectivity index (χ2n) is 5.94. The minimum atomic E-state index is 0.356. The molecule has 82 valence electrons. The Balaban J connectivity index is 2.59. The van der Waals surface area contributed by atoms with Crippen LogP contribution in [0.2, 0.25) is 0 Å². The summed E-state index contributed by atoms with van der Waals surface area (Å²) in [5.74, 6) is 1.52. The number of aryl methyl sites for hydroxylation is 1. The van der Waals surface area contributed by atoms with Crippen LogP contribution in [-0.2, 0) is 5.41 Å². The smallest absolute Gasteiger partial charge is 0.00980 e. The van der Waals surface area contributed by atoms with Gasteiger partial charge in [-0.15, -0.1) is 0 Å². The Hall–Kier alpha value is -0.780. The molecule has 2 rings (SSSR count). The van der Waals surface area contributed by atoms with Crippen molar-refractivity contribution in [3.8, 4) is 0 Å². The number of hydrogen-bond acceptors (Lipinski definition) is 0. The highest BCUT2D eigenvalue weighted by Gasteiger charge is 2.34. The van der Waals surface area contributed by atoms with Gasteiger partial charge in [0.1, 0.15) is 0 Å². The number of rotatable bonds is 0. The second-order valence-corrected chi connectivity index (χ2v) is 5.94. The van der Waals surface area contributed by atoms with Crippen molar-refractivity contribution < 1.29 is 0 Å². The standard InChI is InChI=1S/C15H22/c1-10-6-7-14-13(8-10)12(3)11(2)9-15(14,4)5/h6-8,11-12H,9H2,1-5H3/t11-,12-/m0/s1. The van der Waals surface area contributed by atoms with E-state index < -0.39 is 0 Å². The van der Waals surface area contributed by atoms with Gasteiger partial charge in [0.05, 0.1) is 0 Å². The molecule has 1 aliphatic rings. The van der Waals surface area contributed by atoms with Crippen molar-refractivity contribution in [2.75, 3.05) is 0 Å². The summed E-state index contributed by atoms with van der Waals surface area (Å²) in [7, 11) is 0. The summed E-state index contributed by atoms with van der Waals surface area (Å²) in [5, 5.41) is 0. The molecule has 0 aliphatic heterocycles. The Kier molecular flexibility index (Phi) is 2.41. The summed E-state index contributed by atoms with van der Waals surface area (Å²) in [6, 6.07) is 6.98. The van der Waals surface area contributed by atoms with Crippen LogP contribution in [-0.4, -0.2) is 0 Å². The van der Waals surface area contributed by atoms with Crippen molar-refractivity contribution in [1.29, 1.82) is 0 Å². The molecular weight excluding hydrogens is 180 g/mol. The number of hydrogen-bond donors (Lipinski definition) is 0. The molecule has 0 spiro atoms. The Morgan fingerprint density at radius 1 is 1.20 bits per heavy atom. The van der Waals surface area contributed by atoms with Crippen molar-refractivity contribution in [3.63, 3.8) is 0 Å². The lowest BCUT2D eigenvalue weighted by Gasteiger charge is -2.40. The first kappa shape index (κ1) is 10.7. The molecule has 0 heteroatoms. The maximum atomic E-state index is 2.39. The van der Waals surface area contributed by atoms with E-state index in [0.29, 0.717) is 11.3 Å². The molecule has 1 aromatic rings. The second kappa shape index (κ2) is 3.37. The minimum Gasteiger partial charge on any atom is -0.0619 e. The van der Waals surface area contributed by atoms with Crippen LogP contribution in [0, 0.1) is 12.8 Å². The first-order valence-electron chi connectivity index (χ1n) is 6.03. The molecule has 0 N–H and O–H groups in total. The van der Waals surface area contributed by atoms with Crippen LogP contribution < -0.4 is 0 Å². The summed E-state index contributed by atoms with van der Waals surface area (Å²) in [6.07, 6.45) is 1.31. The highest BCUT2D eigenvalue weighted by atomic mass is 14.4. The average Bonchev–Trinajstić information content (AvgIpc) is 2.13. The zero-order valence-corrected chi connectivity index (χ0v) is 10.6. The van der Waals surface area contributed by atoms with E-state index in [1.807, 2.05) is 0 Å². The molecule has 0 saturated heterocycles. The molecular formula is C15H22. The monoisotopic (exact) mass is 202 g/mol.